The molecule has 3 aromatic rings. The predicted molar refractivity (Wildman–Crippen MR) is 121 cm³/mol. The van der Waals surface area contributed by atoms with E-state index in [-0.39, 0.29) is 23.3 Å². The Bertz CT molecular complexity index is 1170. The van der Waals surface area contributed by atoms with Crippen molar-refractivity contribution in [1.29, 1.82) is 0 Å². The van der Waals surface area contributed by atoms with Gasteiger partial charge in [-0.15, -0.1) is 10.2 Å². The highest BCUT2D eigenvalue weighted by Gasteiger charge is 2.30. The molecule has 0 radical (unpaired) electrons. The summed E-state index contributed by atoms with van der Waals surface area (Å²) >= 11 is 0. The zero-order valence-electron chi connectivity index (χ0n) is 18.3. The van der Waals surface area contributed by atoms with Crippen LogP contribution >= 0.6 is 0 Å². The molecule has 0 aliphatic carbocycles. The van der Waals surface area contributed by atoms with E-state index in [1.54, 1.807) is 24.3 Å². The molecule has 9 nitrogen and oxygen atoms in total. The van der Waals surface area contributed by atoms with E-state index >= 15 is 0 Å². The first kappa shape index (κ1) is 22.9. The fraction of sp³-hybridized carbons (Fsp3) is 0.348. The van der Waals surface area contributed by atoms with E-state index in [9.17, 15) is 13.2 Å². The SMILES string of the molecule is COc1ccc(S(=O)(=O)N2CCC(NC(=O)CCc3nnc(-c4ccccc4)o3)CC2)cc1. The Morgan fingerprint density at radius 2 is 1.79 bits per heavy atom. The molecule has 1 fully saturated rings. The van der Waals surface area contributed by atoms with Crippen molar-refractivity contribution in [2.24, 2.45) is 0 Å². The first-order valence-electron chi connectivity index (χ1n) is 10.8. The van der Waals surface area contributed by atoms with Gasteiger partial charge in [0.1, 0.15) is 5.75 Å². The smallest absolute Gasteiger partial charge is 0.247 e. The van der Waals surface area contributed by atoms with Crippen molar-refractivity contribution in [3.63, 3.8) is 0 Å². The number of rotatable bonds is 8. The maximum Gasteiger partial charge on any atom is 0.247 e. The Kier molecular flexibility index (Phi) is 7.05. The van der Waals surface area contributed by atoms with Crippen LogP contribution in [0.25, 0.3) is 11.5 Å². The minimum Gasteiger partial charge on any atom is -0.497 e. The van der Waals surface area contributed by atoms with Crippen LogP contribution in [0.1, 0.15) is 25.2 Å². The summed E-state index contributed by atoms with van der Waals surface area (Å²) in [7, 11) is -2.03. The molecule has 0 saturated carbocycles. The van der Waals surface area contributed by atoms with Gasteiger partial charge in [-0.3, -0.25) is 4.79 Å². The lowest BCUT2D eigenvalue weighted by atomic mass is 10.1. The van der Waals surface area contributed by atoms with E-state index in [2.05, 4.69) is 15.5 Å². The number of aromatic nitrogens is 2. The fourth-order valence-corrected chi connectivity index (χ4v) is 5.18. The van der Waals surface area contributed by atoms with Gasteiger partial charge >= 0.3 is 0 Å². The van der Waals surface area contributed by atoms with Crippen molar-refractivity contribution in [1.82, 2.24) is 19.8 Å². The number of aryl methyl sites for hydroxylation is 1. The highest BCUT2D eigenvalue weighted by atomic mass is 32.2. The summed E-state index contributed by atoms with van der Waals surface area (Å²) < 4.78 is 37.9. The lowest BCUT2D eigenvalue weighted by molar-refractivity contribution is -0.122. The predicted octanol–water partition coefficient (Wildman–Crippen LogP) is 2.65. The Morgan fingerprint density at radius 3 is 2.45 bits per heavy atom. The minimum absolute atomic E-state index is 0.0672. The number of hydrogen-bond acceptors (Lipinski definition) is 7. The summed E-state index contributed by atoms with van der Waals surface area (Å²) in [4.78, 5) is 12.6. The molecule has 2 aromatic carbocycles. The summed E-state index contributed by atoms with van der Waals surface area (Å²) in [5, 5.41) is 11.0. The largest absolute Gasteiger partial charge is 0.497 e. The van der Waals surface area contributed by atoms with Gasteiger partial charge in [-0.05, 0) is 49.2 Å². The molecule has 1 amide bonds. The number of sulfonamides is 1. The number of methoxy groups -OCH3 is 1. The van der Waals surface area contributed by atoms with Gasteiger partial charge in [0, 0.05) is 37.5 Å². The number of amides is 1. The molecule has 1 aromatic heterocycles. The lowest BCUT2D eigenvalue weighted by Gasteiger charge is -2.31. The highest BCUT2D eigenvalue weighted by molar-refractivity contribution is 7.89. The van der Waals surface area contributed by atoms with Crippen molar-refractivity contribution < 1.29 is 22.4 Å². The summed E-state index contributed by atoms with van der Waals surface area (Å²) in [6, 6.07) is 15.7. The van der Waals surface area contributed by atoms with Crippen molar-refractivity contribution in [3.8, 4) is 17.2 Å². The van der Waals surface area contributed by atoms with Crippen LogP contribution in [0.4, 0.5) is 0 Å². The Morgan fingerprint density at radius 1 is 1.09 bits per heavy atom. The molecule has 0 unspecified atom stereocenters. The molecule has 2 heterocycles. The van der Waals surface area contributed by atoms with E-state index in [1.165, 1.54) is 11.4 Å². The van der Waals surface area contributed by atoms with E-state index in [4.69, 9.17) is 9.15 Å². The molecule has 1 N–H and O–H groups in total. The van der Waals surface area contributed by atoms with E-state index in [1.807, 2.05) is 30.3 Å². The van der Waals surface area contributed by atoms with Crippen molar-refractivity contribution in [2.75, 3.05) is 20.2 Å². The standard InChI is InChI=1S/C23H26N4O5S/c1-31-19-7-9-20(10-8-19)33(29,30)27-15-13-18(14-16-27)24-21(28)11-12-22-25-26-23(32-22)17-5-3-2-4-6-17/h2-10,18H,11-16H2,1H3,(H,24,28). The summed E-state index contributed by atoms with van der Waals surface area (Å²) in [6.07, 6.45) is 1.68. The van der Waals surface area contributed by atoms with Gasteiger partial charge in [-0.2, -0.15) is 4.31 Å². The number of nitrogens with zero attached hydrogens (tertiary/aromatic N) is 3. The Hall–Kier alpha value is -3.24. The number of hydrogen-bond donors (Lipinski definition) is 1. The number of carbonyl (C=O) groups is 1. The third-order valence-electron chi connectivity index (χ3n) is 5.57. The zero-order chi connectivity index (χ0) is 23.3. The molecule has 10 heteroatoms. The monoisotopic (exact) mass is 470 g/mol. The van der Waals surface area contributed by atoms with Gasteiger partial charge in [0.05, 0.1) is 12.0 Å². The summed E-state index contributed by atoms with van der Waals surface area (Å²) in [6.45, 7) is 0.701. The number of carbonyl (C=O) groups excluding carboxylic acids is 1. The average Bonchev–Trinajstić information content (AvgIpc) is 3.33. The molecule has 1 saturated heterocycles. The molecule has 33 heavy (non-hydrogen) atoms. The van der Waals surface area contributed by atoms with Crippen LogP contribution in [0.3, 0.4) is 0 Å². The number of nitrogens with one attached hydrogen (secondary N) is 1. The van der Waals surface area contributed by atoms with Crippen LogP contribution < -0.4 is 10.1 Å². The molecule has 0 spiro atoms. The first-order valence-corrected chi connectivity index (χ1v) is 12.2. The topological polar surface area (TPSA) is 115 Å². The number of ether oxygens (including phenoxy) is 1. The lowest BCUT2D eigenvalue weighted by Crippen LogP contribution is -2.46. The van der Waals surface area contributed by atoms with Gasteiger partial charge in [-0.1, -0.05) is 18.2 Å². The van der Waals surface area contributed by atoms with Crippen LogP contribution in [0.15, 0.2) is 63.9 Å². The highest BCUT2D eigenvalue weighted by Crippen LogP contribution is 2.23. The van der Waals surface area contributed by atoms with Crippen LogP contribution in [0.5, 0.6) is 5.75 Å². The third kappa shape index (κ3) is 5.58. The van der Waals surface area contributed by atoms with E-state index in [0.717, 1.165) is 5.56 Å². The van der Waals surface area contributed by atoms with Crippen molar-refractivity contribution >= 4 is 15.9 Å². The quantitative estimate of drug-likeness (QED) is 0.538. The van der Waals surface area contributed by atoms with Gasteiger partial charge in [0.2, 0.25) is 27.7 Å². The molecule has 174 valence electrons. The third-order valence-corrected chi connectivity index (χ3v) is 7.48. The maximum absolute atomic E-state index is 12.9. The summed E-state index contributed by atoms with van der Waals surface area (Å²) in [5.74, 6) is 1.32. The van der Waals surface area contributed by atoms with Crippen LogP contribution in [-0.2, 0) is 21.2 Å². The van der Waals surface area contributed by atoms with Crippen LogP contribution in [-0.4, -0.2) is 55.1 Å². The second-order valence-corrected chi connectivity index (χ2v) is 9.73. The zero-order valence-corrected chi connectivity index (χ0v) is 19.1. The Labute approximate surface area is 192 Å². The average molecular weight is 471 g/mol. The van der Waals surface area contributed by atoms with Gasteiger partial charge in [0.15, 0.2) is 0 Å². The van der Waals surface area contributed by atoms with Crippen LogP contribution in [0, 0.1) is 0 Å². The van der Waals surface area contributed by atoms with Crippen molar-refractivity contribution in [3.05, 3.63) is 60.5 Å². The fourth-order valence-electron chi connectivity index (χ4n) is 3.71. The molecule has 0 atom stereocenters. The molecule has 0 bridgehead atoms. The van der Waals surface area contributed by atoms with E-state index < -0.39 is 10.0 Å². The molecular formula is C23H26N4O5S. The first-order chi connectivity index (χ1) is 16.0. The second-order valence-electron chi connectivity index (χ2n) is 7.79. The van der Waals surface area contributed by atoms with Gasteiger partial charge < -0.3 is 14.5 Å². The van der Waals surface area contributed by atoms with Crippen LogP contribution in [0.2, 0.25) is 0 Å². The Balaban J connectivity index is 1.24. The number of benzene rings is 2. The second kappa shape index (κ2) is 10.1. The normalized spacial score (nSPS) is 15.3. The molecule has 1 aliphatic heterocycles. The molecular weight excluding hydrogens is 444 g/mol. The van der Waals surface area contributed by atoms with Gasteiger partial charge in [-0.25, -0.2) is 8.42 Å². The van der Waals surface area contributed by atoms with Gasteiger partial charge in [0.25, 0.3) is 0 Å². The maximum atomic E-state index is 12.9. The van der Waals surface area contributed by atoms with E-state index in [0.29, 0.717) is 49.9 Å². The molecule has 4 rings (SSSR count). The molecule has 1 aliphatic rings. The van der Waals surface area contributed by atoms with Crippen molar-refractivity contribution in [2.45, 2.75) is 36.6 Å². The summed E-state index contributed by atoms with van der Waals surface area (Å²) in [5.41, 5.74) is 0.831. The number of piperidine rings is 1. The minimum atomic E-state index is -3.57.